The number of hydrogen-bond donors (Lipinski definition) is 0. The van der Waals surface area contributed by atoms with Gasteiger partial charge in [-0.1, -0.05) is 107 Å². The minimum atomic E-state index is 0.0359. The first-order valence-corrected chi connectivity index (χ1v) is 18.7. The summed E-state index contributed by atoms with van der Waals surface area (Å²) in [5.41, 5.74) is 15.9. The van der Waals surface area contributed by atoms with Crippen molar-refractivity contribution in [2.45, 2.75) is 101 Å². The van der Waals surface area contributed by atoms with Crippen molar-refractivity contribution in [1.29, 1.82) is 0 Å². The lowest BCUT2D eigenvalue weighted by Gasteiger charge is -2.52. The minimum Gasteiger partial charge on any atom is -0.458 e. The second-order valence-corrected chi connectivity index (χ2v) is 17.5. The van der Waals surface area contributed by atoms with Gasteiger partial charge in [0.1, 0.15) is 23.0 Å². The van der Waals surface area contributed by atoms with Crippen LogP contribution in [0.3, 0.4) is 0 Å². The summed E-state index contributed by atoms with van der Waals surface area (Å²) in [7, 11) is 0. The molecule has 0 amide bonds. The smallest absolute Gasteiger partial charge is 0.260 e. The van der Waals surface area contributed by atoms with Crippen molar-refractivity contribution in [2.24, 2.45) is 0 Å². The fourth-order valence-corrected chi connectivity index (χ4v) is 11.2. The topological polar surface area (TPSA) is 18.5 Å². The summed E-state index contributed by atoms with van der Waals surface area (Å²) in [6.07, 6.45) is 10.3. The van der Waals surface area contributed by atoms with Crippen LogP contribution in [0.1, 0.15) is 101 Å². The van der Waals surface area contributed by atoms with E-state index in [4.69, 9.17) is 9.47 Å². The molecule has 2 heterocycles. The van der Waals surface area contributed by atoms with Gasteiger partial charge in [0, 0.05) is 16.6 Å². The summed E-state index contributed by atoms with van der Waals surface area (Å²) in [6.45, 7) is 9.99. The van der Waals surface area contributed by atoms with Crippen LogP contribution in [0.4, 0.5) is 0 Å². The molecule has 5 aromatic rings. The largest absolute Gasteiger partial charge is 0.458 e. The number of para-hydroxylation sites is 2. The quantitative estimate of drug-likeness (QED) is 0.176. The summed E-state index contributed by atoms with van der Waals surface area (Å²) in [5.74, 6) is 3.78. The lowest BCUT2D eigenvalue weighted by Crippen LogP contribution is -2.57. The molecule has 2 saturated carbocycles. The predicted molar refractivity (Wildman–Crippen MR) is 201 cm³/mol. The summed E-state index contributed by atoms with van der Waals surface area (Å²) in [5, 5.41) is 0. The van der Waals surface area contributed by atoms with E-state index in [0.29, 0.717) is 10.8 Å². The van der Waals surface area contributed by atoms with Crippen LogP contribution in [0, 0.1) is 0 Å². The van der Waals surface area contributed by atoms with E-state index < -0.39 is 0 Å². The SMILES string of the molecule is CC12CCC(C)(CC1)c1cc(-c3cccc4c3Oc3cccc5c3B4c3cccc(-c4ccc6c(c4)C4(C)CCC6(C)CC4)c3O5)ccc12. The Morgan fingerprint density at radius 3 is 1.27 bits per heavy atom. The number of ether oxygens (including phenoxy) is 2. The second kappa shape index (κ2) is 9.30. The molecule has 0 atom stereocenters. The molecule has 2 aliphatic heterocycles. The Kier molecular flexibility index (Phi) is 5.43. The van der Waals surface area contributed by atoms with E-state index in [1.54, 1.807) is 22.3 Å². The zero-order valence-corrected chi connectivity index (χ0v) is 29.2. The Balaban J connectivity index is 1.07. The maximum absolute atomic E-state index is 6.92. The fourth-order valence-electron chi connectivity index (χ4n) is 11.2. The number of fused-ring (bicyclic) bond motifs is 8. The molecule has 2 nitrogen and oxygen atoms in total. The number of rotatable bonds is 2. The zero-order valence-electron chi connectivity index (χ0n) is 29.2. The van der Waals surface area contributed by atoms with Gasteiger partial charge in [0.25, 0.3) is 6.71 Å². The number of hydrogen-bond acceptors (Lipinski definition) is 2. The lowest BCUT2D eigenvalue weighted by molar-refractivity contribution is 0.188. The first-order valence-electron chi connectivity index (χ1n) is 18.7. The molecule has 3 heteroatoms. The van der Waals surface area contributed by atoms with Gasteiger partial charge < -0.3 is 9.47 Å². The second-order valence-electron chi connectivity index (χ2n) is 17.5. The van der Waals surface area contributed by atoms with Crippen LogP contribution < -0.4 is 25.9 Å². The van der Waals surface area contributed by atoms with Crippen molar-refractivity contribution < 1.29 is 9.47 Å². The van der Waals surface area contributed by atoms with Gasteiger partial charge in [-0.25, -0.2) is 0 Å². The molecule has 0 spiro atoms. The molecule has 0 aromatic heterocycles. The maximum Gasteiger partial charge on any atom is 0.260 e. The van der Waals surface area contributed by atoms with Gasteiger partial charge in [0.15, 0.2) is 0 Å². The molecule has 242 valence electrons. The van der Waals surface area contributed by atoms with E-state index in [-0.39, 0.29) is 17.5 Å². The average molecular weight is 639 g/mol. The van der Waals surface area contributed by atoms with Crippen LogP contribution in [0.5, 0.6) is 23.0 Å². The molecule has 0 N–H and O–H groups in total. The lowest BCUT2D eigenvalue weighted by atomic mass is 9.34. The van der Waals surface area contributed by atoms with E-state index >= 15 is 0 Å². The maximum atomic E-state index is 6.92. The highest BCUT2D eigenvalue weighted by Crippen LogP contribution is 2.58. The van der Waals surface area contributed by atoms with Crippen molar-refractivity contribution >= 4 is 23.1 Å². The molecule has 13 rings (SSSR count). The Hall–Kier alpha value is -4.24. The molecule has 8 aliphatic rings. The summed E-state index contributed by atoms with van der Waals surface area (Å²) in [4.78, 5) is 0. The van der Waals surface area contributed by atoms with Crippen LogP contribution in [0.25, 0.3) is 22.3 Å². The summed E-state index contributed by atoms with van der Waals surface area (Å²) < 4.78 is 13.8. The third kappa shape index (κ3) is 3.69. The highest BCUT2D eigenvalue weighted by Gasteiger charge is 2.49. The summed E-state index contributed by atoms with van der Waals surface area (Å²) >= 11 is 0. The van der Waals surface area contributed by atoms with Crippen molar-refractivity contribution in [3.8, 4) is 45.3 Å². The fraction of sp³-hybridized carbons (Fsp3) is 0.348. The van der Waals surface area contributed by atoms with Gasteiger partial charge in [-0.05, 0) is 129 Å². The van der Waals surface area contributed by atoms with Crippen LogP contribution in [0.2, 0.25) is 0 Å². The van der Waals surface area contributed by atoms with Crippen molar-refractivity contribution in [3.63, 3.8) is 0 Å². The van der Waals surface area contributed by atoms with Crippen LogP contribution >= 0.6 is 0 Å². The van der Waals surface area contributed by atoms with E-state index in [0.717, 1.165) is 28.5 Å². The standard InChI is InChI=1S/C46H43BO2/c1-43-18-22-45(3,23-19-43)34-26-28(14-16-32(34)43)30-8-5-10-36-41(30)48-38-12-7-13-39-40(38)47(36)37-11-6-9-31(42(37)49-39)29-15-17-33-35(27-29)46(4)24-20-44(33,2)21-25-46/h5-17,26-27H,18-25H2,1-4H3. The van der Waals surface area contributed by atoms with E-state index in [2.05, 4.69) is 119 Å². The van der Waals surface area contributed by atoms with E-state index in [1.807, 2.05) is 0 Å². The molecule has 0 radical (unpaired) electrons. The Morgan fingerprint density at radius 2 is 0.837 bits per heavy atom. The van der Waals surface area contributed by atoms with Gasteiger partial charge in [-0.2, -0.15) is 0 Å². The first-order chi connectivity index (χ1) is 23.7. The molecular weight excluding hydrogens is 595 g/mol. The predicted octanol–water partition coefficient (Wildman–Crippen LogP) is 9.95. The van der Waals surface area contributed by atoms with E-state index in [9.17, 15) is 0 Å². The van der Waals surface area contributed by atoms with Gasteiger partial charge in [0.2, 0.25) is 0 Å². The molecule has 4 bridgehead atoms. The normalized spacial score (nSPS) is 29.2. The van der Waals surface area contributed by atoms with Crippen LogP contribution in [0.15, 0.2) is 91.0 Å². The van der Waals surface area contributed by atoms with Gasteiger partial charge in [0.05, 0.1) is 0 Å². The van der Waals surface area contributed by atoms with Gasteiger partial charge in [-0.15, -0.1) is 0 Å². The van der Waals surface area contributed by atoms with Crippen LogP contribution in [-0.2, 0) is 21.7 Å². The Labute approximate surface area is 291 Å². The molecular formula is C46H43BO2. The van der Waals surface area contributed by atoms with Crippen molar-refractivity contribution in [1.82, 2.24) is 0 Å². The molecule has 5 aromatic carbocycles. The molecule has 49 heavy (non-hydrogen) atoms. The highest BCUT2D eigenvalue weighted by atomic mass is 16.5. The third-order valence-electron chi connectivity index (χ3n) is 14.6. The van der Waals surface area contributed by atoms with Gasteiger partial charge >= 0.3 is 0 Å². The monoisotopic (exact) mass is 638 g/mol. The van der Waals surface area contributed by atoms with Crippen molar-refractivity contribution in [3.05, 3.63) is 113 Å². The number of benzene rings is 5. The molecule has 2 fully saturated rings. The molecule has 6 aliphatic carbocycles. The minimum absolute atomic E-state index is 0.0359. The molecule has 0 unspecified atom stereocenters. The van der Waals surface area contributed by atoms with Gasteiger partial charge in [-0.3, -0.25) is 0 Å². The van der Waals surface area contributed by atoms with E-state index in [1.165, 1.54) is 84.5 Å². The molecule has 0 saturated heterocycles. The zero-order chi connectivity index (χ0) is 32.9. The Morgan fingerprint density at radius 1 is 0.449 bits per heavy atom. The average Bonchev–Trinajstić information content (AvgIpc) is 3.13. The van der Waals surface area contributed by atoms with Crippen molar-refractivity contribution in [2.75, 3.05) is 0 Å². The summed E-state index contributed by atoms with van der Waals surface area (Å²) in [6, 6.07) is 34.5. The third-order valence-corrected chi connectivity index (χ3v) is 14.6. The Bertz CT molecular complexity index is 2110. The first kappa shape index (κ1) is 28.6. The van der Waals surface area contributed by atoms with Crippen LogP contribution in [-0.4, -0.2) is 6.71 Å². The highest BCUT2D eigenvalue weighted by molar-refractivity contribution is 6.98.